The fourth-order valence-electron chi connectivity index (χ4n) is 9.43. The Labute approximate surface area is 390 Å². The summed E-state index contributed by atoms with van der Waals surface area (Å²) in [7, 11) is 0. The van der Waals surface area contributed by atoms with Gasteiger partial charge in [-0.2, -0.15) is 18.4 Å². The van der Waals surface area contributed by atoms with Crippen LogP contribution >= 0.6 is 0 Å². The molecule has 12 rings (SSSR count). The Bertz CT molecular complexity index is 3600. The maximum absolute atomic E-state index is 15.9. The second-order valence-corrected chi connectivity index (χ2v) is 16.4. The van der Waals surface area contributed by atoms with Gasteiger partial charge in [-0.3, -0.25) is 0 Å². The van der Waals surface area contributed by atoms with Gasteiger partial charge in [-0.05, 0) is 79.2 Å². The Morgan fingerprint density at radius 2 is 0.754 bits per heavy atom. The summed E-state index contributed by atoms with van der Waals surface area (Å²) in [5.74, 6) is 1.84. The van der Waals surface area contributed by atoms with Gasteiger partial charge in [0.05, 0.1) is 50.6 Å². The summed E-state index contributed by atoms with van der Waals surface area (Å²) >= 11 is 0. The van der Waals surface area contributed by atoms with E-state index in [1.807, 2.05) is 81.9 Å². The zero-order valence-electron chi connectivity index (χ0n) is 36.3. The number of fused-ring (bicyclic) bond motifs is 6. The quantitative estimate of drug-likeness (QED) is 0.153. The SMILES string of the molecule is Cc1cccc(C(F)(F)F)c1-c1c(-n2c3cc(-c4ncccn4)ccc3c3ccc(-c4ncccn4)cc32)cc(C#N)cc1-n1c2cc(-c3ncccn3)ccc2c2ccc(-c3ncccn3)cc21. The van der Waals surface area contributed by atoms with E-state index in [4.69, 9.17) is 0 Å². The molecule has 0 bridgehead atoms. The maximum atomic E-state index is 15.9. The van der Waals surface area contributed by atoms with Crippen molar-refractivity contribution < 1.29 is 13.2 Å². The van der Waals surface area contributed by atoms with Gasteiger partial charge in [-0.1, -0.05) is 60.7 Å². The van der Waals surface area contributed by atoms with Crippen LogP contribution in [0.25, 0.3) is 112 Å². The number of hydrogen-bond donors (Lipinski definition) is 0. The van der Waals surface area contributed by atoms with Crippen LogP contribution in [0.4, 0.5) is 13.2 Å². The van der Waals surface area contributed by atoms with E-state index in [0.29, 0.717) is 84.6 Å². The standard InChI is InChI=1S/C55H32F3N11/c1-32-7-2-8-42(55(56,57)58)49(32)50-47(68-43-27-34(51-60-17-3-18-61-51)9-13-38(43)39-14-10-35(28-44(39)68)52-62-19-4-20-63-52)25-33(31-59)26-48(50)69-45-29-36(53-64-21-5-22-65-53)11-15-40(45)41-16-12-37(30-46(41)69)54-66-23-6-24-67-54/h2-30H,1H3. The summed E-state index contributed by atoms with van der Waals surface area (Å²) in [5.41, 5.74) is 5.80. The Hall–Kier alpha value is -9.48. The molecule has 0 saturated carbocycles. The lowest BCUT2D eigenvalue weighted by Gasteiger charge is -2.24. The maximum Gasteiger partial charge on any atom is 0.417 e. The molecule has 6 aromatic carbocycles. The van der Waals surface area contributed by atoms with Gasteiger partial charge in [0.15, 0.2) is 23.3 Å². The first-order valence-corrected chi connectivity index (χ1v) is 21.8. The number of alkyl halides is 3. The van der Waals surface area contributed by atoms with Crippen LogP contribution in [0.15, 0.2) is 177 Å². The van der Waals surface area contributed by atoms with E-state index in [2.05, 4.69) is 45.9 Å². The number of nitrogens with zero attached hydrogens (tertiary/aromatic N) is 11. The van der Waals surface area contributed by atoms with Crippen molar-refractivity contribution in [2.24, 2.45) is 0 Å². The molecule has 0 unspecified atom stereocenters. The monoisotopic (exact) mass is 903 g/mol. The minimum Gasteiger partial charge on any atom is -0.308 e. The molecule has 11 nitrogen and oxygen atoms in total. The van der Waals surface area contributed by atoms with Gasteiger partial charge < -0.3 is 9.13 Å². The molecule has 0 amide bonds. The van der Waals surface area contributed by atoms with Crippen LogP contribution in [0.3, 0.4) is 0 Å². The molecule has 0 aliphatic heterocycles. The highest BCUT2D eigenvalue weighted by molar-refractivity contribution is 6.14. The smallest absolute Gasteiger partial charge is 0.308 e. The van der Waals surface area contributed by atoms with Crippen molar-refractivity contribution in [1.29, 1.82) is 5.26 Å². The molecule has 14 heteroatoms. The molecular formula is C55H32F3N11. The van der Waals surface area contributed by atoms with Gasteiger partial charge in [0.25, 0.3) is 0 Å². The summed E-state index contributed by atoms with van der Waals surface area (Å²) in [6.07, 6.45) is 8.44. The van der Waals surface area contributed by atoms with E-state index in [9.17, 15) is 5.26 Å². The van der Waals surface area contributed by atoms with Crippen LogP contribution in [0.1, 0.15) is 16.7 Å². The fourth-order valence-corrected chi connectivity index (χ4v) is 9.43. The second kappa shape index (κ2) is 16.1. The highest BCUT2D eigenvalue weighted by Crippen LogP contribution is 2.48. The largest absolute Gasteiger partial charge is 0.417 e. The third-order valence-corrected chi connectivity index (χ3v) is 12.4. The van der Waals surface area contributed by atoms with Gasteiger partial charge in [0, 0.05) is 105 Å². The predicted octanol–water partition coefficient (Wildman–Crippen LogP) is 12.6. The summed E-state index contributed by atoms with van der Waals surface area (Å²) in [4.78, 5) is 36.4. The Morgan fingerprint density at radius 3 is 1.06 bits per heavy atom. The highest BCUT2D eigenvalue weighted by atomic mass is 19.4. The van der Waals surface area contributed by atoms with Crippen molar-refractivity contribution in [3.8, 4) is 74.1 Å². The summed E-state index contributed by atoms with van der Waals surface area (Å²) in [6, 6.07) is 40.2. The van der Waals surface area contributed by atoms with Crippen LogP contribution in [0, 0.1) is 18.3 Å². The molecule has 0 radical (unpaired) electrons. The zero-order valence-corrected chi connectivity index (χ0v) is 36.3. The minimum absolute atomic E-state index is 0.0559. The number of aryl methyl sites for hydroxylation is 1. The number of halogens is 3. The summed E-state index contributed by atoms with van der Waals surface area (Å²) in [5, 5.41) is 14.3. The van der Waals surface area contributed by atoms with Gasteiger partial charge >= 0.3 is 6.18 Å². The Kier molecular flexibility index (Phi) is 9.59. The molecule has 328 valence electrons. The molecule has 0 atom stereocenters. The van der Waals surface area contributed by atoms with Crippen molar-refractivity contribution >= 4 is 43.6 Å². The van der Waals surface area contributed by atoms with Crippen LogP contribution in [0.2, 0.25) is 0 Å². The van der Waals surface area contributed by atoms with Crippen molar-refractivity contribution in [2.75, 3.05) is 0 Å². The normalized spacial score (nSPS) is 11.8. The lowest BCUT2D eigenvalue weighted by molar-refractivity contribution is -0.137. The van der Waals surface area contributed by atoms with Crippen molar-refractivity contribution in [3.63, 3.8) is 0 Å². The first-order chi connectivity index (χ1) is 33.7. The molecule has 12 aromatic rings. The van der Waals surface area contributed by atoms with Crippen LogP contribution in [-0.2, 0) is 6.18 Å². The molecule has 0 aliphatic rings. The third kappa shape index (κ3) is 6.91. The number of rotatable bonds is 7. The molecule has 0 spiro atoms. The number of benzene rings is 6. The lowest BCUT2D eigenvalue weighted by atomic mass is 9.90. The van der Waals surface area contributed by atoms with E-state index in [1.165, 1.54) is 6.07 Å². The molecule has 6 aromatic heterocycles. The lowest BCUT2D eigenvalue weighted by Crippen LogP contribution is -2.12. The molecular weight excluding hydrogens is 872 g/mol. The number of nitriles is 1. The van der Waals surface area contributed by atoms with Crippen LogP contribution in [-0.4, -0.2) is 49.0 Å². The van der Waals surface area contributed by atoms with E-state index < -0.39 is 11.7 Å². The molecule has 0 N–H and O–H groups in total. The Morgan fingerprint density at radius 1 is 0.420 bits per heavy atom. The van der Waals surface area contributed by atoms with Crippen LogP contribution < -0.4 is 0 Å². The highest BCUT2D eigenvalue weighted by Gasteiger charge is 2.37. The molecule has 69 heavy (non-hydrogen) atoms. The average molecular weight is 904 g/mol. The van der Waals surface area contributed by atoms with Gasteiger partial charge in [0.2, 0.25) is 0 Å². The fraction of sp³-hybridized carbons (Fsp3) is 0.0364. The van der Waals surface area contributed by atoms with Crippen molar-refractivity contribution in [2.45, 2.75) is 13.1 Å². The average Bonchev–Trinajstić information content (AvgIpc) is 3.90. The van der Waals surface area contributed by atoms with Gasteiger partial charge in [-0.25, -0.2) is 39.9 Å². The van der Waals surface area contributed by atoms with Crippen LogP contribution in [0.5, 0.6) is 0 Å². The second-order valence-electron chi connectivity index (χ2n) is 16.4. The first-order valence-electron chi connectivity index (χ1n) is 21.8. The molecule has 0 aliphatic carbocycles. The zero-order chi connectivity index (χ0) is 46.8. The van der Waals surface area contributed by atoms with E-state index in [-0.39, 0.29) is 16.7 Å². The molecule has 0 saturated heterocycles. The topological polar surface area (TPSA) is 137 Å². The van der Waals surface area contributed by atoms with E-state index >= 15 is 13.2 Å². The van der Waals surface area contributed by atoms with E-state index in [0.717, 1.165) is 27.6 Å². The summed E-state index contributed by atoms with van der Waals surface area (Å²) in [6.45, 7) is 1.68. The predicted molar refractivity (Wildman–Crippen MR) is 259 cm³/mol. The first kappa shape index (κ1) is 41.0. The van der Waals surface area contributed by atoms with Crippen molar-refractivity contribution in [3.05, 3.63) is 194 Å². The number of hydrogen-bond acceptors (Lipinski definition) is 9. The summed E-state index contributed by atoms with van der Waals surface area (Å²) < 4.78 is 51.5. The third-order valence-electron chi connectivity index (χ3n) is 12.4. The Balaban J connectivity index is 1.29. The molecule has 6 heterocycles. The minimum atomic E-state index is -4.79. The van der Waals surface area contributed by atoms with Crippen molar-refractivity contribution in [1.82, 2.24) is 49.0 Å². The van der Waals surface area contributed by atoms with Gasteiger partial charge in [0.1, 0.15) is 0 Å². The van der Waals surface area contributed by atoms with E-state index in [1.54, 1.807) is 99.0 Å². The molecule has 0 fully saturated rings. The number of aromatic nitrogens is 10. The van der Waals surface area contributed by atoms with Gasteiger partial charge in [-0.15, -0.1) is 0 Å².